The van der Waals surface area contributed by atoms with Crippen molar-refractivity contribution in [1.82, 2.24) is 14.7 Å². The van der Waals surface area contributed by atoms with Gasteiger partial charge < -0.3 is 14.5 Å². The molecule has 2 aromatic carbocycles. The summed E-state index contributed by atoms with van der Waals surface area (Å²) in [4.78, 5) is 44.4. The second-order valence-electron chi connectivity index (χ2n) is 9.51. The molecule has 0 atom stereocenters. The summed E-state index contributed by atoms with van der Waals surface area (Å²) in [5, 5.41) is 13.3. The predicted octanol–water partition coefficient (Wildman–Crippen LogP) is 4.76. The molecule has 0 spiro atoms. The fourth-order valence-electron chi connectivity index (χ4n) is 4.35. The summed E-state index contributed by atoms with van der Waals surface area (Å²) in [6, 6.07) is 11.8. The van der Waals surface area contributed by atoms with E-state index >= 15 is 0 Å². The number of ether oxygens (including phenoxy) is 1. The standard InChI is InChI=1S/C28H30ClFN4O5S/c1-20-8-15-40-26(20)18-33(17-21-2-5-23(30)6-3-21)27(35)19-32(10-9-31-11-13-39-14-12-31)28(36)22-4-7-24(29)25(16-22)34(37)38/h2-8,15-16H,9-14,17-19H2,1H3. The lowest BCUT2D eigenvalue weighted by Gasteiger charge is -2.31. The van der Waals surface area contributed by atoms with Crippen LogP contribution < -0.4 is 0 Å². The second kappa shape index (κ2) is 13.8. The number of benzene rings is 2. The van der Waals surface area contributed by atoms with E-state index in [1.807, 2.05) is 18.4 Å². The Kier molecular flexibility index (Phi) is 10.2. The van der Waals surface area contributed by atoms with Crippen LogP contribution in [0.25, 0.3) is 0 Å². The van der Waals surface area contributed by atoms with Crippen molar-refractivity contribution in [2.75, 3.05) is 45.9 Å². The Bertz CT molecular complexity index is 1350. The lowest BCUT2D eigenvalue weighted by Crippen LogP contribution is -2.47. The van der Waals surface area contributed by atoms with Gasteiger partial charge in [0, 0.05) is 49.2 Å². The molecule has 2 amide bonds. The number of amides is 2. The van der Waals surface area contributed by atoms with Crippen LogP contribution in [-0.4, -0.2) is 77.4 Å². The van der Waals surface area contributed by atoms with Gasteiger partial charge in [0.1, 0.15) is 17.4 Å². The maximum atomic E-state index is 13.8. The lowest BCUT2D eigenvalue weighted by atomic mass is 10.1. The molecule has 1 aromatic heterocycles. The Balaban J connectivity index is 1.58. The van der Waals surface area contributed by atoms with Crippen LogP contribution in [0, 0.1) is 22.9 Å². The van der Waals surface area contributed by atoms with Gasteiger partial charge in [-0.15, -0.1) is 11.3 Å². The van der Waals surface area contributed by atoms with E-state index in [0.29, 0.717) is 39.4 Å². The number of hydrogen-bond donors (Lipinski definition) is 0. The molecule has 212 valence electrons. The Morgan fingerprint density at radius 3 is 2.48 bits per heavy atom. The van der Waals surface area contributed by atoms with E-state index in [-0.39, 0.29) is 47.6 Å². The first-order valence-electron chi connectivity index (χ1n) is 12.8. The number of thiophene rings is 1. The highest BCUT2D eigenvalue weighted by molar-refractivity contribution is 7.10. The Labute approximate surface area is 240 Å². The fourth-order valence-corrected chi connectivity index (χ4v) is 5.46. The number of halogens is 2. The van der Waals surface area contributed by atoms with Gasteiger partial charge in [0.05, 0.1) is 24.7 Å². The number of carbonyl (C=O) groups is 2. The monoisotopic (exact) mass is 588 g/mol. The van der Waals surface area contributed by atoms with Gasteiger partial charge in [0.2, 0.25) is 5.91 Å². The molecule has 0 radical (unpaired) electrons. The van der Waals surface area contributed by atoms with E-state index in [4.69, 9.17) is 16.3 Å². The minimum absolute atomic E-state index is 0.0741. The van der Waals surface area contributed by atoms with Gasteiger partial charge in [0.15, 0.2) is 0 Å². The Morgan fingerprint density at radius 1 is 1.10 bits per heavy atom. The van der Waals surface area contributed by atoms with Crippen LogP contribution in [-0.2, 0) is 22.6 Å². The van der Waals surface area contributed by atoms with Crippen LogP contribution >= 0.6 is 22.9 Å². The number of morpholine rings is 1. The molecule has 0 aliphatic carbocycles. The van der Waals surface area contributed by atoms with E-state index in [1.165, 1.54) is 40.5 Å². The minimum atomic E-state index is -0.643. The number of nitro benzene ring substituents is 1. The molecule has 0 saturated carbocycles. The fraction of sp³-hybridized carbons (Fsp3) is 0.357. The lowest BCUT2D eigenvalue weighted by molar-refractivity contribution is -0.384. The molecule has 12 heteroatoms. The van der Waals surface area contributed by atoms with Crippen LogP contribution in [0.3, 0.4) is 0 Å². The first-order valence-corrected chi connectivity index (χ1v) is 14.1. The summed E-state index contributed by atoms with van der Waals surface area (Å²) in [6.07, 6.45) is 0. The number of rotatable bonds is 11. The maximum Gasteiger partial charge on any atom is 0.288 e. The molecule has 0 N–H and O–H groups in total. The van der Waals surface area contributed by atoms with Crippen LogP contribution in [0.5, 0.6) is 0 Å². The zero-order valence-corrected chi connectivity index (χ0v) is 23.6. The average molecular weight is 589 g/mol. The molecule has 3 aromatic rings. The molecular formula is C28H30ClFN4O5S. The van der Waals surface area contributed by atoms with Crippen molar-refractivity contribution in [3.8, 4) is 0 Å². The molecule has 1 saturated heterocycles. The molecular weight excluding hydrogens is 559 g/mol. The van der Waals surface area contributed by atoms with Crippen LogP contribution in [0.1, 0.15) is 26.4 Å². The van der Waals surface area contributed by atoms with Gasteiger partial charge in [-0.2, -0.15) is 0 Å². The van der Waals surface area contributed by atoms with Crippen molar-refractivity contribution in [2.24, 2.45) is 0 Å². The van der Waals surface area contributed by atoms with E-state index in [9.17, 15) is 24.1 Å². The summed E-state index contributed by atoms with van der Waals surface area (Å²) >= 11 is 7.50. The largest absolute Gasteiger partial charge is 0.379 e. The normalized spacial score (nSPS) is 13.7. The van der Waals surface area contributed by atoms with Crippen LogP contribution in [0.15, 0.2) is 53.9 Å². The van der Waals surface area contributed by atoms with Crippen molar-refractivity contribution in [3.63, 3.8) is 0 Å². The highest BCUT2D eigenvalue weighted by Crippen LogP contribution is 2.26. The number of hydrogen-bond acceptors (Lipinski definition) is 7. The third-order valence-electron chi connectivity index (χ3n) is 6.73. The van der Waals surface area contributed by atoms with Crippen molar-refractivity contribution in [2.45, 2.75) is 20.0 Å². The topological polar surface area (TPSA) is 96.2 Å². The maximum absolute atomic E-state index is 13.8. The molecule has 1 aliphatic rings. The summed E-state index contributed by atoms with van der Waals surface area (Å²) in [5.74, 6) is -1.17. The smallest absolute Gasteiger partial charge is 0.288 e. The van der Waals surface area contributed by atoms with Crippen molar-refractivity contribution >= 4 is 40.4 Å². The molecule has 1 fully saturated rings. The third kappa shape index (κ3) is 7.85. The quantitative estimate of drug-likeness (QED) is 0.237. The number of aryl methyl sites for hydroxylation is 1. The summed E-state index contributed by atoms with van der Waals surface area (Å²) in [7, 11) is 0. The molecule has 1 aliphatic heterocycles. The SMILES string of the molecule is Cc1ccsc1CN(Cc1ccc(F)cc1)C(=O)CN(CCN1CCOCC1)C(=O)c1ccc(Cl)c([N+](=O)[O-])c1. The summed E-state index contributed by atoms with van der Waals surface area (Å²) in [5.41, 5.74) is 1.50. The van der Waals surface area contributed by atoms with Gasteiger partial charge in [-0.25, -0.2) is 4.39 Å². The first-order chi connectivity index (χ1) is 19.2. The number of nitro groups is 1. The highest BCUT2D eigenvalue weighted by atomic mass is 35.5. The molecule has 0 bridgehead atoms. The van der Waals surface area contributed by atoms with E-state index in [1.54, 1.807) is 17.0 Å². The second-order valence-corrected chi connectivity index (χ2v) is 10.9. The Hall–Kier alpha value is -3.38. The van der Waals surface area contributed by atoms with Gasteiger partial charge in [-0.3, -0.25) is 24.6 Å². The molecule has 2 heterocycles. The van der Waals surface area contributed by atoms with Gasteiger partial charge in [-0.1, -0.05) is 23.7 Å². The Morgan fingerprint density at radius 2 is 1.82 bits per heavy atom. The number of nitrogens with zero attached hydrogens (tertiary/aromatic N) is 4. The van der Waals surface area contributed by atoms with Crippen molar-refractivity contribution < 1.29 is 23.6 Å². The summed E-state index contributed by atoms with van der Waals surface area (Å²) < 4.78 is 18.9. The van der Waals surface area contributed by atoms with E-state index in [2.05, 4.69) is 4.90 Å². The molecule has 0 unspecified atom stereocenters. The highest BCUT2D eigenvalue weighted by Gasteiger charge is 2.26. The summed E-state index contributed by atoms with van der Waals surface area (Å²) in [6.45, 7) is 5.63. The van der Waals surface area contributed by atoms with Gasteiger partial charge >= 0.3 is 0 Å². The first kappa shape index (κ1) is 29.6. The molecule has 4 rings (SSSR count). The van der Waals surface area contributed by atoms with Crippen molar-refractivity contribution in [1.29, 1.82) is 0 Å². The predicted molar refractivity (Wildman–Crippen MR) is 151 cm³/mol. The zero-order valence-electron chi connectivity index (χ0n) is 22.1. The molecule has 40 heavy (non-hydrogen) atoms. The zero-order chi connectivity index (χ0) is 28.6. The van der Waals surface area contributed by atoms with Gasteiger partial charge in [-0.05, 0) is 53.8 Å². The minimum Gasteiger partial charge on any atom is -0.379 e. The average Bonchev–Trinajstić information content (AvgIpc) is 3.36. The van der Waals surface area contributed by atoms with Crippen LogP contribution in [0.4, 0.5) is 10.1 Å². The van der Waals surface area contributed by atoms with Crippen LogP contribution in [0.2, 0.25) is 5.02 Å². The third-order valence-corrected chi connectivity index (χ3v) is 8.06. The molecule has 9 nitrogen and oxygen atoms in total. The van der Waals surface area contributed by atoms with E-state index in [0.717, 1.165) is 22.1 Å². The van der Waals surface area contributed by atoms with E-state index < -0.39 is 10.8 Å². The van der Waals surface area contributed by atoms with Gasteiger partial charge in [0.25, 0.3) is 11.6 Å². The van der Waals surface area contributed by atoms with Crippen molar-refractivity contribution in [3.05, 3.63) is 96.4 Å². The number of carbonyl (C=O) groups excluding carboxylic acids is 2.